The van der Waals surface area contributed by atoms with Gasteiger partial charge in [-0.15, -0.1) is 24.0 Å². The van der Waals surface area contributed by atoms with Gasteiger partial charge in [0, 0.05) is 38.0 Å². The molecule has 2 N–H and O–H groups in total. The Morgan fingerprint density at radius 2 is 1.52 bits per heavy atom. The molecule has 0 heterocycles. The minimum absolute atomic E-state index is 0. The number of nitrogens with one attached hydrogen (secondary N) is 2. The van der Waals surface area contributed by atoms with Gasteiger partial charge >= 0.3 is 0 Å². The Kier molecular flexibility index (Phi) is 10.4. The van der Waals surface area contributed by atoms with Gasteiger partial charge in [-0.2, -0.15) is 0 Å². The number of halogens is 1. The minimum atomic E-state index is -3.23. The number of nitrogens with zero attached hydrogens (tertiary/aromatic N) is 1. The summed E-state index contributed by atoms with van der Waals surface area (Å²) in [6.45, 7) is 2.74. The Bertz CT molecular complexity index is 1030. The Morgan fingerprint density at radius 3 is 2.03 bits per heavy atom. The van der Waals surface area contributed by atoms with E-state index in [2.05, 4.69) is 15.6 Å². The topological polar surface area (TPSA) is 98.3 Å². The lowest BCUT2D eigenvalue weighted by atomic mass is 10.1. The summed E-state index contributed by atoms with van der Waals surface area (Å²) >= 11 is 0. The Labute approximate surface area is 201 Å². The van der Waals surface area contributed by atoms with Crippen LogP contribution in [-0.4, -0.2) is 49.0 Å². The minimum Gasteiger partial charge on any atom is -0.496 e. The van der Waals surface area contributed by atoms with E-state index in [4.69, 9.17) is 14.2 Å². The maximum atomic E-state index is 11.8. The van der Waals surface area contributed by atoms with Crippen LogP contribution in [0.1, 0.15) is 16.7 Å². The van der Waals surface area contributed by atoms with Gasteiger partial charge in [0.25, 0.3) is 0 Å². The highest BCUT2D eigenvalue weighted by atomic mass is 127. The van der Waals surface area contributed by atoms with Crippen molar-refractivity contribution in [1.29, 1.82) is 0 Å². The molecule has 0 bridgehead atoms. The number of rotatable bonds is 8. The Morgan fingerprint density at radius 1 is 0.935 bits per heavy atom. The summed E-state index contributed by atoms with van der Waals surface area (Å²) < 4.78 is 39.6. The summed E-state index contributed by atoms with van der Waals surface area (Å²) in [6.07, 6.45) is 1.21. The number of guanidine groups is 1. The van der Waals surface area contributed by atoms with E-state index < -0.39 is 9.84 Å². The zero-order valence-electron chi connectivity index (χ0n) is 18.6. The molecular formula is C21H30IN3O5S. The van der Waals surface area contributed by atoms with Gasteiger partial charge in [-0.3, -0.25) is 4.99 Å². The molecule has 0 amide bonds. The zero-order chi connectivity index (χ0) is 22.3. The van der Waals surface area contributed by atoms with E-state index in [1.54, 1.807) is 53.5 Å². The van der Waals surface area contributed by atoms with Crippen LogP contribution in [0.2, 0.25) is 0 Å². The molecule has 0 aliphatic heterocycles. The monoisotopic (exact) mass is 563 g/mol. The van der Waals surface area contributed by atoms with Crippen molar-refractivity contribution in [3.8, 4) is 17.2 Å². The number of hydrogen-bond acceptors (Lipinski definition) is 6. The molecule has 10 heteroatoms. The third kappa shape index (κ3) is 7.17. The standard InChI is InChI=1S/C21H29N3O5S.HI/c1-14-9-15(7-8-20(14)30(6,25)26)12-23-21(22-2)24-13-16-10-18(28-4)19(29-5)11-17(16)27-3;/h7-11H,12-13H2,1-6H3,(H2,22,23,24);1H. The molecule has 0 spiro atoms. The van der Waals surface area contributed by atoms with Crippen molar-refractivity contribution in [2.45, 2.75) is 24.9 Å². The van der Waals surface area contributed by atoms with E-state index in [1.165, 1.54) is 6.26 Å². The lowest BCUT2D eigenvalue weighted by molar-refractivity contribution is 0.347. The van der Waals surface area contributed by atoms with Gasteiger partial charge in [-0.1, -0.05) is 12.1 Å². The molecule has 0 aliphatic rings. The molecule has 8 nitrogen and oxygen atoms in total. The highest BCUT2D eigenvalue weighted by molar-refractivity contribution is 14.0. The smallest absolute Gasteiger partial charge is 0.191 e. The van der Waals surface area contributed by atoms with Gasteiger partial charge in [0.05, 0.1) is 26.2 Å². The van der Waals surface area contributed by atoms with Crippen LogP contribution in [0.15, 0.2) is 40.2 Å². The van der Waals surface area contributed by atoms with E-state index in [9.17, 15) is 8.42 Å². The Balaban J connectivity index is 0.00000480. The van der Waals surface area contributed by atoms with Crippen LogP contribution in [0.3, 0.4) is 0 Å². The molecule has 2 aromatic carbocycles. The predicted octanol–water partition coefficient (Wildman–Crippen LogP) is 2.91. The highest BCUT2D eigenvalue weighted by Gasteiger charge is 2.13. The highest BCUT2D eigenvalue weighted by Crippen LogP contribution is 2.34. The van der Waals surface area contributed by atoms with Crippen molar-refractivity contribution < 1.29 is 22.6 Å². The molecule has 0 saturated carbocycles. The fraction of sp³-hybridized carbons (Fsp3) is 0.381. The molecule has 0 unspecified atom stereocenters. The first kappa shape index (κ1) is 26.8. The molecule has 31 heavy (non-hydrogen) atoms. The summed E-state index contributed by atoms with van der Waals surface area (Å²) in [7, 11) is 3.20. The van der Waals surface area contributed by atoms with Crippen molar-refractivity contribution in [3.63, 3.8) is 0 Å². The first-order valence-electron chi connectivity index (χ1n) is 9.26. The first-order valence-corrected chi connectivity index (χ1v) is 11.2. The van der Waals surface area contributed by atoms with Crippen LogP contribution in [0.4, 0.5) is 0 Å². The van der Waals surface area contributed by atoms with E-state index >= 15 is 0 Å². The third-order valence-corrected chi connectivity index (χ3v) is 5.81. The van der Waals surface area contributed by atoms with Crippen molar-refractivity contribution >= 4 is 39.8 Å². The second-order valence-electron chi connectivity index (χ2n) is 6.67. The number of benzene rings is 2. The van der Waals surface area contributed by atoms with Gasteiger partial charge in [0.2, 0.25) is 0 Å². The summed E-state index contributed by atoms with van der Waals surface area (Å²) in [5, 5.41) is 6.46. The van der Waals surface area contributed by atoms with Crippen molar-refractivity contribution in [3.05, 3.63) is 47.0 Å². The van der Waals surface area contributed by atoms with Crippen molar-refractivity contribution in [1.82, 2.24) is 10.6 Å². The average molecular weight is 563 g/mol. The molecule has 0 saturated heterocycles. The van der Waals surface area contributed by atoms with Gasteiger partial charge in [-0.05, 0) is 30.2 Å². The van der Waals surface area contributed by atoms with Gasteiger partial charge in [0.1, 0.15) is 5.75 Å². The van der Waals surface area contributed by atoms with Crippen LogP contribution in [-0.2, 0) is 22.9 Å². The number of methoxy groups -OCH3 is 3. The quantitative estimate of drug-likeness (QED) is 0.290. The van der Waals surface area contributed by atoms with Crippen LogP contribution < -0.4 is 24.8 Å². The number of ether oxygens (including phenoxy) is 3. The lowest BCUT2D eigenvalue weighted by Gasteiger charge is -2.16. The molecule has 0 aliphatic carbocycles. The second kappa shape index (κ2) is 12.0. The van der Waals surface area contributed by atoms with Gasteiger partial charge in [0.15, 0.2) is 27.3 Å². The molecule has 2 aromatic rings. The molecule has 0 fully saturated rings. The van der Waals surface area contributed by atoms with Gasteiger partial charge < -0.3 is 24.8 Å². The second-order valence-corrected chi connectivity index (χ2v) is 8.65. The SMILES string of the molecule is CN=C(NCc1ccc(S(C)(=O)=O)c(C)c1)NCc1cc(OC)c(OC)cc1OC.I. The summed E-state index contributed by atoms with van der Waals surface area (Å²) in [5.41, 5.74) is 2.55. The first-order chi connectivity index (χ1) is 14.2. The van der Waals surface area contributed by atoms with Crippen LogP contribution in [0, 0.1) is 6.92 Å². The van der Waals surface area contributed by atoms with E-state index in [1.807, 2.05) is 12.1 Å². The van der Waals surface area contributed by atoms with E-state index in [-0.39, 0.29) is 24.0 Å². The molecule has 172 valence electrons. The third-order valence-electron chi connectivity index (χ3n) is 4.56. The maximum Gasteiger partial charge on any atom is 0.191 e. The average Bonchev–Trinajstić information content (AvgIpc) is 2.72. The van der Waals surface area contributed by atoms with Crippen molar-refractivity contribution in [2.75, 3.05) is 34.6 Å². The normalized spacial score (nSPS) is 11.4. The number of hydrogen-bond donors (Lipinski definition) is 2. The molecule has 0 aromatic heterocycles. The number of aryl methyl sites for hydroxylation is 1. The molecule has 2 rings (SSSR count). The molecular weight excluding hydrogens is 533 g/mol. The number of aliphatic imine (C=N–C) groups is 1. The zero-order valence-corrected chi connectivity index (χ0v) is 21.8. The van der Waals surface area contributed by atoms with Crippen LogP contribution >= 0.6 is 24.0 Å². The number of sulfone groups is 1. The molecule has 0 atom stereocenters. The molecule has 0 radical (unpaired) electrons. The predicted molar refractivity (Wildman–Crippen MR) is 133 cm³/mol. The van der Waals surface area contributed by atoms with Crippen molar-refractivity contribution in [2.24, 2.45) is 4.99 Å². The fourth-order valence-corrected chi connectivity index (χ4v) is 4.01. The maximum absolute atomic E-state index is 11.8. The van der Waals surface area contributed by atoms with E-state index in [0.717, 1.165) is 16.7 Å². The summed E-state index contributed by atoms with van der Waals surface area (Å²) in [5.74, 6) is 2.47. The summed E-state index contributed by atoms with van der Waals surface area (Å²) in [6, 6.07) is 8.91. The largest absolute Gasteiger partial charge is 0.496 e. The van der Waals surface area contributed by atoms with Crippen LogP contribution in [0.5, 0.6) is 17.2 Å². The summed E-state index contributed by atoms with van der Waals surface area (Å²) in [4.78, 5) is 4.57. The lowest BCUT2D eigenvalue weighted by Crippen LogP contribution is -2.36. The fourth-order valence-electron chi connectivity index (χ4n) is 3.05. The van der Waals surface area contributed by atoms with E-state index in [0.29, 0.717) is 41.2 Å². The van der Waals surface area contributed by atoms with Crippen LogP contribution in [0.25, 0.3) is 0 Å². The van der Waals surface area contributed by atoms with Gasteiger partial charge in [-0.25, -0.2) is 8.42 Å². The Hall–Kier alpha value is -2.21.